The fourth-order valence-electron chi connectivity index (χ4n) is 0.593. The van der Waals surface area contributed by atoms with Gasteiger partial charge in [-0.15, -0.1) is 0 Å². The standard InChI is InChI=1S/C6H3NO7/c7-1-6(4(11)12,5(13)14)2(8)3(9)10/h(H,9,10)(H,11,12)(H,13,14). The van der Waals surface area contributed by atoms with Crippen molar-refractivity contribution in [3.05, 3.63) is 0 Å². The first kappa shape index (κ1) is 11.6. The average Bonchev–Trinajstić information content (AvgIpc) is 2.04. The topological polar surface area (TPSA) is 153 Å². The van der Waals surface area contributed by atoms with Gasteiger partial charge < -0.3 is 15.3 Å². The van der Waals surface area contributed by atoms with Crippen LogP contribution in [0.5, 0.6) is 0 Å². The van der Waals surface area contributed by atoms with Crippen LogP contribution in [-0.2, 0) is 19.2 Å². The van der Waals surface area contributed by atoms with Gasteiger partial charge in [0, 0.05) is 0 Å². The van der Waals surface area contributed by atoms with Gasteiger partial charge in [0.2, 0.25) is 0 Å². The molecule has 8 nitrogen and oxygen atoms in total. The van der Waals surface area contributed by atoms with Crippen LogP contribution in [0.1, 0.15) is 0 Å². The van der Waals surface area contributed by atoms with Gasteiger partial charge in [-0.2, -0.15) is 5.26 Å². The fourth-order valence-corrected chi connectivity index (χ4v) is 0.593. The highest BCUT2D eigenvalue weighted by Crippen LogP contribution is 2.18. The average molecular weight is 201 g/mol. The molecule has 0 aromatic rings. The molecule has 0 aliphatic heterocycles. The summed E-state index contributed by atoms with van der Waals surface area (Å²) >= 11 is 0. The lowest BCUT2D eigenvalue weighted by molar-refractivity contribution is -0.169. The molecule has 0 radical (unpaired) electrons. The molecule has 0 heterocycles. The van der Waals surface area contributed by atoms with Crippen molar-refractivity contribution in [1.29, 1.82) is 5.26 Å². The summed E-state index contributed by atoms with van der Waals surface area (Å²) in [5.41, 5.74) is -3.58. The SMILES string of the molecule is N#CC(C(=O)O)(C(=O)O)C(=O)C(=O)O. The van der Waals surface area contributed by atoms with E-state index in [2.05, 4.69) is 0 Å². The van der Waals surface area contributed by atoms with Crippen molar-refractivity contribution in [2.45, 2.75) is 0 Å². The number of nitriles is 1. The van der Waals surface area contributed by atoms with E-state index >= 15 is 0 Å². The Balaban J connectivity index is 5.65. The first-order valence-electron chi connectivity index (χ1n) is 2.96. The van der Waals surface area contributed by atoms with Crippen LogP contribution in [0, 0.1) is 16.7 Å². The Hall–Kier alpha value is -2.43. The molecule has 0 atom stereocenters. The maximum absolute atomic E-state index is 10.7. The molecule has 0 aromatic carbocycles. The molecule has 0 saturated heterocycles. The monoisotopic (exact) mass is 201 g/mol. The van der Waals surface area contributed by atoms with E-state index in [1.54, 1.807) is 0 Å². The molecule has 0 fully saturated rings. The Kier molecular flexibility index (Phi) is 2.91. The highest BCUT2D eigenvalue weighted by Gasteiger charge is 2.57. The third kappa shape index (κ3) is 1.38. The number of ketones is 1. The van der Waals surface area contributed by atoms with E-state index in [0.29, 0.717) is 6.07 Å². The van der Waals surface area contributed by atoms with Gasteiger partial charge >= 0.3 is 23.3 Å². The van der Waals surface area contributed by atoms with Crippen molar-refractivity contribution < 1.29 is 34.5 Å². The van der Waals surface area contributed by atoms with E-state index < -0.39 is 29.1 Å². The zero-order valence-corrected chi connectivity index (χ0v) is 6.42. The van der Waals surface area contributed by atoms with Crippen LogP contribution in [0.2, 0.25) is 0 Å². The highest BCUT2D eigenvalue weighted by molar-refractivity contribution is 6.45. The molecule has 0 rings (SSSR count). The Bertz CT molecular complexity index is 349. The minimum Gasteiger partial charge on any atom is -0.479 e. The predicted octanol–water partition coefficient (Wildman–Crippen LogP) is -1.68. The van der Waals surface area contributed by atoms with Crippen LogP contribution in [-0.4, -0.2) is 39.0 Å². The number of aliphatic carboxylic acids is 3. The van der Waals surface area contributed by atoms with Crippen molar-refractivity contribution >= 4 is 23.7 Å². The molecule has 0 unspecified atom stereocenters. The number of carboxylic acids is 3. The molecule has 0 bridgehead atoms. The van der Waals surface area contributed by atoms with Crippen LogP contribution in [0.3, 0.4) is 0 Å². The first-order valence-corrected chi connectivity index (χ1v) is 2.96. The van der Waals surface area contributed by atoms with Gasteiger partial charge in [-0.1, -0.05) is 0 Å². The molecule has 14 heavy (non-hydrogen) atoms. The summed E-state index contributed by atoms with van der Waals surface area (Å²) in [6, 6.07) is 0.666. The van der Waals surface area contributed by atoms with E-state index in [4.69, 9.17) is 20.6 Å². The molecule has 8 heteroatoms. The summed E-state index contributed by atoms with van der Waals surface area (Å²) in [6.07, 6.45) is 0. The minimum atomic E-state index is -3.58. The van der Waals surface area contributed by atoms with E-state index in [0.717, 1.165) is 0 Å². The molecule has 0 aliphatic rings. The van der Waals surface area contributed by atoms with Gasteiger partial charge in [0.05, 0.1) is 0 Å². The second kappa shape index (κ2) is 3.53. The molecule has 0 amide bonds. The third-order valence-corrected chi connectivity index (χ3v) is 1.34. The Labute approximate surface area is 76.0 Å². The smallest absolute Gasteiger partial charge is 0.375 e. The number of carbonyl (C=O) groups is 4. The quantitative estimate of drug-likeness (QED) is 0.360. The second-order valence-electron chi connectivity index (χ2n) is 2.11. The largest absolute Gasteiger partial charge is 0.479 e. The molecule has 74 valence electrons. The van der Waals surface area contributed by atoms with Gasteiger partial charge in [0.15, 0.2) is 0 Å². The van der Waals surface area contributed by atoms with Crippen LogP contribution >= 0.6 is 0 Å². The van der Waals surface area contributed by atoms with Crippen molar-refractivity contribution in [2.24, 2.45) is 5.41 Å². The lowest BCUT2D eigenvalue weighted by Gasteiger charge is -2.11. The van der Waals surface area contributed by atoms with Crippen LogP contribution < -0.4 is 0 Å². The number of nitrogens with zero attached hydrogens (tertiary/aromatic N) is 1. The van der Waals surface area contributed by atoms with E-state index in [9.17, 15) is 19.2 Å². The van der Waals surface area contributed by atoms with Crippen LogP contribution in [0.15, 0.2) is 0 Å². The van der Waals surface area contributed by atoms with Crippen LogP contribution in [0.4, 0.5) is 0 Å². The lowest BCUT2D eigenvalue weighted by atomic mass is 9.85. The number of hydrogen-bond donors (Lipinski definition) is 3. The lowest BCUT2D eigenvalue weighted by Crippen LogP contribution is -2.48. The Morgan fingerprint density at radius 2 is 1.36 bits per heavy atom. The fraction of sp³-hybridized carbons (Fsp3) is 0.167. The minimum absolute atomic E-state index is 0.666. The summed E-state index contributed by atoms with van der Waals surface area (Å²) in [7, 11) is 0. The second-order valence-corrected chi connectivity index (χ2v) is 2.11. The third-order valence-electron chi connectivity index (χ3n) is 1.34. The number of hydrogen-bond acceptors (Lipinski definition) is 5. The molecule has 0 aromatic heterocycles. The number of Topliss-reactive ketones (excluding diaryl/α,β-unsaturated/α-hetero) is 1. The van der Waals surface area contributed by atoms with E-state index in [1.807, 2.05) is 0 Å². The Morgan fingerprint density at radius 1 is 1.00 bits per heavy atom. The molecule has 3 N–H and O–H groups in total. The van der Waals surface area contributed by atoms with Crippen molar-refractivity contribution in [3.8, 4) is 6.07 Å². The van der Waals surface area contributed by atoms with Crippen molar-refractivity contribution in [3.63, 3.8) is 0 Å². The summed E-state index contributed by atoms with van der Waals surface area (Å²) in [5, 5.41) is 33.0. The molecule has 0 spiro atoms. The molecule has 0 saturated carbocycles. The maximum atomic E-state index is 10.7. The first-order chi connectivity index (χ1) is 6.30. The number of carboxylic acid groups (broad SMARTS) is 3. The summed E-state index contributed by atoms with van der Waals surface area (Å²) in [6.45, 7) is 0. The predicted molar refractivity (Wildman–Crippen MR) is 36.0 cm³/mol. The van der Waals surface area contributed by atoms with Gasteiger partial charge in [-0.25, -0.2) is 14.4 Å². The number of carbonyl (C=O) groups excluding carboxylic acids is 1. The molecular weight excluding hydrogens is 198 g/mol. The zero-order valence-electron chi connectivity index (χ0n) is 6.42. The number of rotatable bonds is 4. The highest BCUT2D eigenvalue weighted by atomic mass is 16.4. The van der Waals surface area contributed by atoms with Crippen molar-refractivity contribution in [2.75, 3.05) is 0 Å². The van der Waals surface area contributed by atoms with Gasteiger partial charge in [0.1, 0.15) is 6.07 Å². The van der Waals surface area contributed by atoms with Crippen LogP contribution in [0.25, 0.3) is 0 Å². The van der Waals surface area contributed by atoms with E-state index in [1.165, 1.54) is 0 Å². The normalized spacial score (nSPS) is 9.93. The van der Waals surface area contributed by atoms with Gasteiger partial charge in [-0.3, -0.25) is 4.79 Å². The summed E-state index contributed by atoms with van der Waals surface area (Å²) in [5.74, 6) is -9.17. The molecule has 0 aliphatic carbocycles. The zero-order chi connectivity index (χ0) is 11.5. The summed E-state index contributed by atoms with van der Waals surface area (Å²) in [4.78, 5) is 41.5. The van der Waals surface area contributed by atoms with Gasteiger partial charge in [0.25, 0.3) is 5.78 Å². The van der Waals surface area contributed by atoms with Gasteiger partial charge in [-0.05, 0) is 0 Å². The Morgan fingerprint density at radius 3 is 1.43 bits per heavy atom. The van der Waals surface area contributed by atoms with E-state index in [-0.39, 0.29) is 0 Å². The maximum Gasteiger partial charge on any atom is 0.375 e. The van der Waals surface area contributed by atoms with Crippen molar-refractivity contribution in [1.82, 2.24) is 0 Å². The summed E-state index contributed by atoms with van der Waals surface area (Å²) < 4.78 is 0. The molecular formula is C6H3NO7.